The smallest absolute Gasteiger partial charge is 0.252 e. The van der Waals surface area contributed by atoms with Gasteiger partial charge in [-0.2, -0.15) is 0 Å². The van der Waals surface area contributed by atoms with E-state index in [1.165, 1.54) is 0 Å². The fraction of sp³-hybridized carbons (Fsp3) is 0.375. The molecule has 120 valence electrons. The fourth-order valence-electron chi connectivity index (χ4n) is 2.74. The second-order valence-electron chi connectivity index (χ2n) is 5.46. The largest absolute Gasteiger partial charge is 0.354 e. The van der Waals surface area contributed by atoms with Gasteiger partial charge in [0, 0.05) is 31.5 Å². The van der Waals surface area contributed by atoms with Gasteiger partial charge in [0.05, 0.1) is 0 Å². The zero-order chi connectivity index (χ0) is 16.2. The lowest BCUT2D eigenvalue weighted by Gasteiger charge is -2.24. The van der Waals surface area contributed by atoms with Crippen molar-refractivity contribution in [3.8, 4) is 0 Å². The summed E-state index contributed by atoms with van der Waals surface area (Å²) >= 11 is 0. The minimum atomic E-state index is -0.526. The summed E-state index contributed by atoms with van der Waals surface area (Å²) in [6, 6.07) is 6.84. The molecule has 0 saturated carbocycles. The van der Waals surface area contributed by atoms with Crippen LogP contribution in [0.3, 0.4) is 0 Å². The Morgan fingerprint density at radius 1 is 1.43 bits per heavy atom. The molecule has 23 heavy (non-hydrogen) atoms. The maximum absolute atomic E-state index is 12.3. The number of nitrogens with one attached hydrogen (secondary N) is 2. The van der Waals surface area contributed by atoms with Gasteiger partial charge in [0.15, 0.2) is 0 Å². The van der Waals surface area contributed by atoms with Crippen LogP contribution in [-0.2, 0) is 24.2 Å². The van der Waals surface area contributed by atoms with Gasteiger partial charge in [-0.05, 0) is 18.6 Å². The van der Waals surface area contributed by atoms with Crippen molar-refractivity contribution in [1.29, 1.82) is 0 Å². The van der Waals surface area contributed by atoms with Crippen LogP contribution in [0, 0.1) is 0 Å². The lowest BCUT2D eigenvalue weighted by Crippen LogP contribution is -2.51. The number of carbonyl (C=O) groups is 2. The highest BCUT2D eigenvalue weighted by Gasteiger charge is 2.28. The fourth-order valence-corrected chi connectivity index (χ4v) is 2.74. The van der Waals surface area contributed by atoms with E-state index < -0.39 is 6.04 Å². The zero-order valence-corrected chi connectivity index (χ0v) is 13.0. The summed E-state index contributed by atoms with van der Waals surface area (Å²) in [7, 11) is 0. The molecule has 0 saturated heterocycles. The normalized spacial score (nSPS) is 16.6. The number of benzene rings is 1. The number of fused-ring (bicyclic) bond motifs is 1. The molecular weight excluding hydrogens is 294 g/mol. The highest BCUT2D eigenvalue weighted by Crippen LogP contribution is 2.16. The summed E-state index contributed by atoms with van der Waals surface area (Å²) in [4.78, 5) is 24.3. The minimum absolute atomic E-state index is 0.171. The van der Waals surface area contributed by atoms with Crippen LogP contribution >= 0.6 is 0 Å². The maximum Gasteiger partial charge on any atom is 0.252 e. The number of hydrogen-bond acceptors (Lipinski definition) is 4. The Hall–Kier alpha value is -2.70. The van der Waals surface area contributed by atoms with Crippen molar-refractivity contribution < 1.29 is 9.59 Å². The molecule has 0 radical (unpaired) electrons. The Kier molecular flexibility index (Phi) is 4.36. The lowest BCUT2D eigenvalue weighted by atomic mass is 9.95. The van der Waals surface area contributed by atoms with Crippen molar-refractivity contribution >= 4 is 11.8 Å². The van der Waals surface area contributed by atoms with Crippen molar-refractivity contribution in [3.05, 3.63) is 47.5 Å². The van der Waals surface area contributed by atoms with Gasteiger partial charge in [0.25, 0.3) is 5.91 Å². The SMILES string of the molecule is CCn1cnnc1CCNC(=O)[C@H]1Cc2ccccc2C(=O)N1. The van der Waals surface area contributed by atoms with E-state index in [4.69, 9.17) is 0 Å². The van der Waals surface area contributed by atoms with Gasteiger partial charge < -0.3 is 15.2 Å². The minimum Gasteiger partial charge on any atom is -0.354 e. The first-order chi connectivity index (χ1) is 11.2. The highest BCUT2D eigenvalue weighted by molar-refractivity contribution is 6.00. The van der Waals surface area contributed by atoms with Gasteiger partial charge in [0.2, 0.25) is 5.91 Å². The van der Waals surface area contributed by atoms with E-state index in [1.807, 2.05) is 29.7 Å². The third-order valence-electron chi connectivity index (χ3n) is 3.99. The Morgan fingerprint density at radius 2 is 2.26 bits per heavy atom. The van der Waals surface area contributed by atoms with Crippen molar-refractivity contribution in [3.63, 3.8) is 0 Å². The van der Waals surface area contributed by atoms with Crippen molar-refractivity contribution in [2.45, 2.75) is 32.4 Å². The average molecular weight is 313 g/mol. The predicted octanol–water partition coefficient (Wildman–Crippen LogP) is 0.311. The quantitative estimate of drug-likeness (QED) is 0.831. The van der Waals surface area contributed by atoms with E-state index in [9.17, 15) is 9.59 Å². The van der Waals surface area contributed by atoms with Gasteiger partial charge in [0.1, 0.15) is 18.2 Å². The van der Waals surface area contributed by atoms with Crippen LogP contribution in [0.15, 0.2) is 30.6 Å². The predicted molar refractivity (Wildman–Crippen MR) is 83.8 cm³/mol. The van der Waals surface area contributed by atoms with Crippen LogP contribution in [0.25, 0.3) is 0 Å². The average Bonchev–Trinajstić information content (AvgIpc) is 3.02. The first-order valence-corrected chi connectivity index (χ1v) is 7.72. The molecule has 0 bridgehead atoms. The number of aryl methyl sites for hydroxylation is 1. The summed E-state index contributed by atoms with van der Waals surface area (Å²) in [6.45, 7) is 3.28. The van der Waals surface area contributed by atoms with Crippen LogP contribution in [0.4, 0.5) is 0 Å². The first kappa shape index (κ1) is 15.2. The summed E-state index contributed by atoms with van der Waals surface area (Å²) in [5.41, 5.74) is 1.55. The third kappa shape index (κ3) is 3.23. The van der Waals surface area contributed by atoms with Crippen LogP contribution < -0.4 is 10.6 Å². The molecule has 0 aliphatic carbocycles. The molecule has 1 aromatic carbocycles. The second-order valence-corrected chi connectivity index (χ2v) is 5.46. The highest BCUT2D eigenvalue weighted by atomic mass is 16.2. The van der Waals surface area contributed by atoms with Crippen molar-refractivity contribution in [1.82, 2.24) is 25.4 Å². The molecule has 7 heteroatoms. The van der Waals surface area contributed by atoms with E-state index in [-0.39, 0.29) is 11.8 Å². The van der Waals surface area contributed by atoms with E-state index >= 15 is 0 Å². The van der Waals surface area contributed by atoms with Gasteiger partial charge in [-0.3, -0.25) is 9.59 Å². The van der Waals surface area contributed by atoms with E-state index in [0.717, 1.165) is 17.9 Å². The van der Waals surface area contributed by atoms with Crippen LogP contribution in [0.5, 0.6) is 0 Å². The van der Waals surface area contributed by atoms with Crippen LogP contribution in [0.2, 0.25) is 0 Å². The van der Waals surface area contributed by atoms with E-state index in [2.05, 4.69) is 20.8 Å². The standard InChI is InChI=1S/C16H19N5O2/c1-2-21-10-18-20-14(21)7-8-17-16(23)13-9-11-5-3-4-6-12(11)15(22)19-13/h3-6,10,13H,2,7-9H2,1H3,(H,17,23)(H,19,22)/t13-/m1/s1. The van der Waals surface area contributed by atoms with Crippen LogP contribution in [0.1, 0.15) is 28.7 Å². The molecule has 1 atom stereocenters. The summed E-state index contributed by atoms with van der Waals surface area (Å²) < 4.78 is 1.94. The Bertz CT molecular complexity index is 725. The molecule has 7 nitrogen and oxygen atoms in total. The lowest BCUT2D eigenvalue weighted by molar-refractivity contribution is -0.123. The molecule has 1 aromatic heterocycles. The monoisotopic (exact) mass is 313 g/mol. The molecule has 0 spiro atoms. The topological polar surface area (TPSA) is 88.9 Å². The summed E-state index contributed by atoms with van der Waals surface area (Å²) in [6.07, 6.45) is 2.80. The Balaban J connectivity index is 1.56. The summed E-state index contributed by atoms with van der Waals surface area (Å²) in [5, 5.41) is 13.5. The molecule has 2 heterocycles. The number of rotatable bonds is 5. The van der Waals surface area contributed by atoms with Gasteiger partial charge in [-0.15, -0.1) is 10.2 Å². The number of nitrogens with zero attached hydrogens (tertiary/aromatic N) is 3. The van der Waals surface area contributed by atoms with Crippen molar-refractivity contribution in [2.75, 3.05) is 6.54 Å². The molecule has 1 aliphatic rings. The number of amides is 2. The number of hydrogen-bond donors (Lipinski definition) is 2. The molecule has 0 fully saturated rings. The molecular formula is C16H19N5O2. The zero-order valence-electron chi connectivity index (χ0n) is 13.0. The molecule has 0 unspecified atom stereocenters. The number of aromatic nitrogens is 3. The van der Waals surface area contributed by atoms with Gasteiger partial charge in [-0.25, -0.2) is 0 Å². The second kappa shape index (κ2) is 6.60. The molecule has 2 N–H and O–H groups in total. The molecule has 1 aliphatic heterocycles. The van der Waals surface area contributed by atoms with E-state index in [1.54, 1.807) is 12.4 Å². The van der Waals surface area contributed by atoms with E-state index in [0.29, 0.717) is 24.9 Å². The molecule has 2 amide bonds. The Morgan fingerprint density at radius 3 is 3.09 bits per heavy atom. The Labute approximate surface area is 134 Å². The molecule has 3 rings (SSSR count). The third-order valence-corrected chi connectivity index (χ3v) is 3.99. The van der Waals surface area contributed by atoms with Crippen LogP contribution in [-0.4, -0.2) is 39.2 Å². The molecule has 2 aromatic rings. The van der Waals surface area contributed by atoms with Gasteiger partial charge in [-0.1, -0.05) is 18.2 Å². The first-order valence-electron chi connectivity index (χ1n) is 7.72. The maximum atomic E-state index is 12.3. The van der Waals surface area contributed by atoms with Gasteiger partial charge >= 0.3 is 0 Å². The number of carbonyl (C=O) groups excluding carboxylic acids is 2. The van der Waals surface area contributed by atoms with Crippen molar-refractivity contribution in [2.24, 2.45) is 0 Å². The summed E-state index contributed by atoms with van der Waals surface area (Å²) in [5.74, 6) is 0.471.